The van der Waals surface area contributed by atoms with Crippen LogP contribution in [0.15, 0.2) is 0 Å². The molecule has 0 amide bonds. The fourth-order valence-corrected chi connectivity index (χ4v) is 2.60. The molecule has 2 fully saturated rings. The van der Waals surface area contributed by atoms with Crippen molar-refractivity contribution in [1.82, 2.24) is 5.32 Å². The van der Waals surface area contributed by atoms with Crippen molar-refractivity contribution in [2.75, 3.05) is 26.9 Å². The molecule has 0 aromatic rings. The number of methoxy groups -OCH3 is 1. The summed E-state index contributed by atoms with van der Waals surface area (Å²) >= 11 is 0. The summed E-state index contributed by atoms with van der Waals surface area (Å²) in [5, 5.41) is 3.66. The minimum Gasteiger partial charge on any atom is -0.381 e. The molecular weight excluding hydrogens is 206 g/mol. The quantitative estimate of drug-likeness (QED) is 0.762. The van der Waals surface area contributed by atoms with Gasteiger partial charge in [-0.2, -0.15) is 0 Å². The highest BCUT2D eigenvalue weighted by Crippen LogP contribution is 2.28. The van der Waals surface area contributed by atoms with Crippen molar-refractivity contribution >= 4 is 0 Å². The second kappa shape index (κ2) is 5.96. The van der Waals surface area contributed by atoms with Gasteiger partial charge in [-0.25, -0.2) is 0 Å². The minimum atomic E-state index is 0.225. The predicted octanol–water partition coefficient (Wildman–Crippen LogP) is 0.947. The van der Waals surface area contributed by atoms with Crippen LogP contribution in [0.25, 0.3) is 0 Å². The van der Waals surface area contributed by atoms with Crippen molar-refractivity contribution in [1.29, 1.82) is 0 Å². The van der Waals surface area contributed by atoms with E-state index in [0.29, 0.717) is 12.1 Å². The topological polar surface area (TPSA) is 39.7 Å². The van der Waals surface area contributed by atoms with Gasteiger partial charge in [0.15, 0.2) is 0 Å². The van der Waals surface area contributed by atoms with Gasteiger partial charge in [0, 0.05) is 39.0 Å². The maximum absolute atomic E-state index is 5.61. The van der Waals surface area contributed by atoms with Gasteiger partial charge in [-0.05, 0) is 26.2 Å². The Labute approximate surface area is 97.6 Å². The molecule has 1 N–H and O–H groups in total. The van der Waals surface area contributed by atoms with Crippen molar-refractivity contribution in [3.63, 3.8) is 0 Å². The first kappa shape index (κ1) is 12.3. The molecule has 1 aliphatic heterocycles. The standard InChI is InChI=1S/C12H23NO3/c1-3-16-11-8-10(12(11)14-2)13-9-4-6-15-7-5-9/h9-13H,3-8H2,1-2H3. The molecule has 0 aromatic carbocycles. The average Bonchev–Trinajstić information content (AvgIpc) is 2.29. The highest BCUT2D eigenvalue weighted by Gasteiger charge is 2.42. The van der Waals surface area contributed by atoms with Crippen LogP contribution in [-0.4, -0.2) is 51.2 Å². The van der Waals surface area contributed by atoms with E-state index < -0.39 is 0 Å². The van der Waals surface area contributed by atoms with E-state index in [1.165, 1.54) is 0 Å². The van der Waals surface area contributed by atoms with E-state index >= 15 is 0 Å². The molecule has 0 spiro atoms. The van der Waals surface area contributed by atoms with Gasteiger partial charge < -0.3 is 19.5 Å². The molecule has 3 unspecified atom stereocenters. The summed E-state index contributed by atoms with van der Waals surface area (Å²) in [6.07, 6.45) is 3.82. The van der Waals surface area contributed by atoms with Gasteiger partial charge in [0.2, 0.25) is 0 Å². The number of nitrogens with one attached hydrogen (secondary N) is 1. The monoisotopic (exact) mass is 229 g/mol. The lowest BCUT2D eigenvalue weighted by atomic mass is 9.84. The Balaban J connectivity index is 1.73. The van der Waals surface area contributed by atoms with E-state index in [1.807, 2.05) is 6.92 Å². The molecule has 1 heterocycles. The van der Waals surface area contributed by atoms with Crippen LogP contribution >= 0.6 is 0 Å². The second-order valence-electron chi connectivity index (χ2n) is 4.59. The van der Waals surface area contributed by atoms with Crippen LogP contribution in [0.4, 0.5) is 0 Å². The summed E-state index contributed by atoms with van der Waals surface area (Å²) < 4.78 is 16.4. The highest BCUT2D eigenvalue weighted by atomic mass is 16.5. The van der Waals surface area contributed by atoms with Gasteiger partial charge in [-0.15, -0.1) is 0 Å². The van der Waals surface area contributed by atoms with E-state index in [-0.39, 0.29) is 12.2 Å². The molecule has 2 rings (SSSR count). The van der Waals surface area contributed by atoms with Gasteiger partial charge in [0.1, 0.15) is 0 Å². The van der Waals surface area contributed by atoms with Gasteiger partial charge in [0.25, 0.3) is 0 Å². The predicted molar refractivity (Wildman–Crippen MR) is 61.6 cm³/mol. The summed E-state index contributed by atoms with van der Waals surface area (Å²) in [6, 6.07) is 1.06. The zero-order valence-electron chi connectivity index (χ0n) is 10.3. The largest absolute Gasteiger partial charge is 0.381 e. The first-order valence-electron chi connectivity index (χ1n) is 6.33. The molecule has 0 bridgehead atoms. The Bertz CT molecular complexity index is 206. The average molecular weight is 229 g/mol. The molecule has 1 aliphatic carbocycles. The van der Waals surface area contributed by atoms with Crippen molar-refractivity contribution in [2.45, 2.75) is 50.5 Å². The minimum absolute atomic E-state index is 0.225. The van der Waals surface area contributed by atoms with Gasteiger partial charge in [0.05, 0.1) is 12.2 Å². The first-order chi connectivity index (χ1) is 7.85. The Kier molecular flexibility index (Phi) is 4.58. The van der Waals surface area contributed by atoms with E-state index in [9.17, 15) is 0 Å². The molecule has 3 atom stereocenters. The van der Waals surface area contributed by atoms with Crippen LogP contribution in [0.2, 0.25) is 0 Å². The molecule has 16 heavy (non-hydrogen) atoms. The number of hydrogen-bond donors (Lipinski definition) is 1. The van der Waals surface area contributed by atoms with Crippen LogP contribution in [-0.2, 0) is 14.2 Å². The Morgan fingerprint density at radius 3 is 2.69 bits per heavy atom. The number of rotatable bonds is 5. The summed E-state index contributed by atoms with van der Waals surface area (Å²) in [5.74, 6) is 0. The lowest BCUT2D eigenvalue weighted by Gasteiger charge is -2.45. The molecule has 0 aromatic heterocycles. The van der Waals surface area contributed by atoms with Crippen molar-refractivity contribution in [2.24, 2.45) is 0 Å². The molecule has 1 saturated heterocycles. The van der Waals surface area contributed by atoms with Crippen LogP contribution in [0.1, 0.15) is 26.2 Å². The first-order valence-corrected chi connectivity index (χ1v) is 6.33. The van der Waals surface area contributed by atoms with Crippen LogP contribution in [0.3, 0.4) is 0 Å². The lowest BCUT2D eigenvalue weighted by Crippen LogP contribution is -2.62. The third-order valence-corrected chi connectivity index (χ3v) is 3.57. The number of ether oxygens (including phenoxy) is 3. The summed E-state index contributed by atoms with van der Waals surface area (Å²) in [4.78, 5) is 0. The fraction of sp³-hybridized carbons (Fsp3) is 1.00. The fourth-order valence-electron chi connectivity index (χ4n) is 2.60. The molecule has 2 aliphatic rings. The van der Waals surface area contributed by atoms with Gasteiger partial charge in [-0.1, -0.05) is 0 Å². The molecule has 0 radical (unpaired) electrons. The molecule has 1 saturated carbocycles. The lowest BCUT2D eigenvalue weighted by molar-refractivity contribution is -0.134. The van der Waals surface area contributed by atoms with E-state index in [1.54, 1.807) is 7.11 Å². The molecule has 4 nitrogen and oxygen atoms in total. The third-order valence-electron chi connectivity index (χ3n) is 3.57. The van der Waals surface area contributed by atoms with Gasteiger partial charge in [-0.3, -0.25) is 0 Å². The van der Waals surface area contributed by atoms with Crippen LogP contribution in [0, 0.1) is 0 Å². The Morgan fingerprint density at radius 1 is 1.31 bits per heavy atom. The summed E-state index contributed by atoms with van der Waals surface area (Å²) in [5.41, 5.74) is 0. The SMILES string of the molecule is CCOC1CC(NC2CCOCC2)C1OC. The summed E-state index contributed by atoms with van der Waals surface area (Å²) in [6.45, 7) is 4.58. The van der Waals surface area contributed by atoms with Gasteiger partial charge >= 0.3 is 0 Å². The van der Waals surface area contributed by atoms with Crippen molar-refractivity contribution < 1.29 is 14.2 Å². The van der Waals surface area contributed by atoms with Crippen LogP contribution in [0.5, 0.6) is 0 Å². The normalized spacial score (nSPS) is 36.0. The third kappa shape index (κ3) is 2.74. The summed E-state index contributed by atoms with van der Waals surface area (Å²) in [7, 11) is 1.77. The Morgan fingerprint density at radius 2 is 2.06 bits per heavy atom. The van der Waals surface area contributed by atoms with Crippen molar-refractivity contribution in [3.05, 3.63) is 0 Å². The smallest absolute Gasteiger partial charge is 0.0986 e. The zero-order valence-corrected chi connectivity index (χ0v) is 10.3. The highest BCUT2D eigenvalue weighted by molar-refractivity contribution is 4.98. The Hall–Kier alpha value is -0.160. The van der Waals surface area contributed by atoms with E-state index in [0.717, 1.165) is 39.1 Å². The second-order valence-corrected chi connectivity index (χ2v) is 4.59. The maximum atomic E-state index is 5.61. The molecule has 94 valence electrons. The van der Waals surface area contributed by atoms with Crippen molar-refractivity contribution in [3.8, 4) is 0 Å². The molecular formula is C12H23NO3. The van der Waals surface area contributed by atoms with E-state index in [2.05, 4.69) is 5.32 Å². The molecule has 4 heteroatoms. The van der Waals surface area contributed by atoms with E-state index in [4.69, 9.17) is 14.2 Å². The van der Waals surface area contributed by atoms with Crippen LogP contribution < -0.4 is 5.32 Å². The zero-order chi connectivity index (χ0) is 11.4. The number of hydrogen-bond acceptors (Lipinski definition) is 4. The maximum Gasteiger partial charge on any atom is 0.0986 e.